The van der Waals surface area contributed by atoms with Crippen LogP contribution in [0.3, 0.4) is 0 Å². The topological polar surface area (TPSA) is 122 Å². The van der Waals surface area contributed by atoms with Crippen LogP contribution in [-0.4, -0.2) is 39.8 Å². The van der Waals surface area contributed by atoms with Crippen molar-refractivity contribution in [2.45, 2.75) is 31.7 Å². The molecule has 1 aliphatic rings. The van der Waals surface area contributed by atoms with E-state index in [4.69, 9.17) is 18.4 Å². The Hall–Kier alpha value is -4.68. The van der Waals surface area contributed by atoms with Crippen LogP contribution >= 0.6 is 11.3 Å². The molecule has 3 aromatic carbocycles. The molecule has 1 unspecified atom stereocenters. The molecule has 0 amide bonds. The van der Waals surface area contributed by atoms with Gasteiger partial charge < -0.3 is 18.4 Å². The molecule has 10 nitrogen and oxygen atoms in total. The Kier molecular flexibility index (Phi) is 8.75. The number of allylic oxidation sites excluding steroid dienone is 1. The molecule has 0 bridgehead atoms. The van der Waals surface area contributed by atoms with Crippen molar-refractivity contribution >= 4 is 33.5 Å². The van der Waals surface area contributed by atoms with Crippen molar-refractivity contribution < 1.29 is 31.6 Å². The number of aryl methyl sites for hydroxylation is 1. The van der Waals surface area contributed by atoms with Gasteiger partial charge in [0.1, 0.15) is 10.6 Å². The van der Waals surface area contributed by atoms with E-state index in [1.54, 1.807) is 62.4 Å². The zero-order valence-corrected chi connectivity index (χ0v) is 26.3. The Labute approximate surface area is 258 Å². The summed E-state index contributed by atoms with van der Waals surface area (Å²) in [7, 11) is -0.975. The number of aromatic nitrogens is 1. The van der Waals surface area contributed by atoms with E-state index in [9.17, 15) is 18.0 Å². The highest BCUT2D eigenvalue weighted by atomic mass is 32.2. The summed E-state index contributed by atoms with van der Waals surface area (Å²) in [4.78, 5) is 32.1. The van der Waals surface area contributed by atoms with Gasteiger partial charge in [0, 0.05) is 0 Å². The van der Waals surface area contributed by atoms with E-state index in [-0.39, 0.29) is 28.4 Å². The summed E-state index contributed by atoms with van der Waals surface area (Å²) in [6, 6.07) is 17.1. The second-order valence-electron chi connectivity index (χ2n) is 9.84. The standard InChI is InChI=1S/C32H30N2O8S2/c1-6-41-31(36)28-20(3)33-32-34(29(28)22-11-16-25(39-4)26(18-22)40-5)30(35)27(43-32)17-21-9-12-23(13-10-21)42-44(37,38)24-14-7-19(2)8-15-24/h7-18,29H,6H2,1-5H3. The van der Waals surface area contributed by atoms with Gasteiger partial charge in [-0.15, -0.1) is 0 Å². The van der Waals surface area contributed by atoms with Crippen molar-refractivity contribution in [2.24, 2.45) is 4.99 Å². The minimum atomic E-state index is -4.01. The lowest BCUT2D eigenvalue weighted by Crippen LogP contribution is -2.39. The monoisotopic (exact) mass is 634 g/mol. The minimum absolute atomic E-state index is 0.0507. The fourth-order valence-electron chi connectivity index (χ4n) is 4.78. The van der Waals surface area contributed by atoms with Gasteiger partial charge in [-0.1, -0.05) is 47.2 Å². The zero-order valence-electron chi connectivity index (χ0n) is 24.7. The number of rotatable bonds is 9. The van der Waals surface area contributed by atoms with E-state index in [0.717, 1.165) is 5.56 Å². The maximum atomic E-state index is 13.9. The third-order valence-corrected chi connectivity index (χ3v) is 9.18. The number of fused-ring (bicyclic) bond motifs is 1. The lowest BCUT2D eigenvalue weighted by Gasteiger charge is -2.25. The van der Waals surface area contributed by atoms with Gasteiger partial charge in [-0.25, -0.2) is 9.79 Å². The van der Waals surface area contributed by atoms with Crippen LogP contribution in [0.1, 0.15) is 36.6 Å². The minimum Gasteiger partial charge on any atom is -0.493 e. The smallest absolute Gasteiger partial charge is 0.339 e. The van der Waals surface area contributed by atoms with Gasteiger partial charge in [0.2, 0.25) is 0 Å². The van der Waals surface area contributed by atoms with Crippen molar-refractivity contribution in [3.8, 4) is 17.2 Å². The summed E-state index contributed by atoms with van der Waals surface area (Å²) < 4.78 is 48.7. The first-order valence-corrected chi connectivity index (χ1v) is 15.8. The van der Waals surface area contributed by atoms with Gasteiger partial charge in [0.15, 0.2) is 16.3 Å². The number of carbonyl (C=O) groups excluding carboxylic acids is 1. The average molecular weight is 635 g/mol. The van der Waals surface area contributed by atoms with Crippen LogP contribution in [0.2, 0.25) is 0 Å². The highest BCUT2D eigenvalue weighted by Gasteiger charge is 2.34. The number of methoxy groups -OCH3 is 2. The molecule has 5 rings (SSSR count). The SMILES string of the molecule is CCOC(=O)C1=C(C)N=c2sc(=Cc3ccc(OS(=O)(=O)c4ccc(C)cc4)cc3)c(=O)n2C1c1ccc(OC)c(OC)c1. The van der Waals surface area contributed by atoms with Crippen molar-refractivity contribution in [2.75, 3.05) is 20.8 Å². The molecule has 2 heterocycles. The summed E-state index contributed by atoms with van der Waals surface area (Å²) >= 11 is 1.18. The number of esters is 1. The summed E-state index contributed by atoms with van der Waals surface area (Å²) in [5.74, 6) is 0.504. The molecule has 228 valence electrons. The first kappa shape index (κ1) is 30.8. The predicted octanol–water partition coefficient (Wildman–Crippen LogP) is 3.89. The molecule has 0 aliphatic carbocycles. The molecule has 0 N–H and O–H groups in total. The van der Waals surface area contributed by atoms with Gasteiger partial charge in [0.25, 0.3) is 5.56 Å². The maximum Gasteiger partial charge on any atom is 0.339 e. The van der Waals surface area contributed by atoms with Gasteiger partial charge in [-0.3, -0.25) is 9.36 Å². The van der Waals surface area contributed by atoms with Crippen molar-refractivity contribution in [3.05, 3.63) is 114 Å². The van der Waals surface area contributed by atoms with Crippen molar-refractivity contribution in [3.63, 3.8) is 0 Å². The van der Waals surface area contributed by atoms with Gasteiger partial charge in [0.05, 0.1) is 42.7 Å². The second-order valence-corrected chi connectivity index (χ2v) is 12.4. The Bertz CT molecular complexity index is 2040. The Balaban J connectivity index is 1.54. The van der Waals surface area contributed by atoms with Gasteiger partial charge in [-0.2, -0.15) is 8.42 Å². The number of carbonyl (C=O) groups is 1. The average Bonchev–Trinajstić information content (AvgIpc) is 3.30. The second kappa shape index (κ2) is 12.5. The molecule has 0 saturated heterocycles. The van der Waals surface area contributed by atoms with E-state index >= 15 is 0 Å². The number of hydrogen-bond acceptors (Lipinski definition) is 10. The fraction of sp³-hybridized carbons (Fsp3) is 0.219. The van der Waals surface area contributed by atoms with Crippen LogP contribution in [-0.2, 0) is 19.6 Å². The van der Waals surface area contributed by atoms with Crippen LogP contribution in [0.5, 0.6) is 17.2 Å². The van der Waals surface area contributed by atoms with Gasteiger partial charge in [-0.05, 0) is 74.4 Å². The molecular weight excluding hydrogens is 604 g/mol. The van der Waals surface area contributed by atoms with Crippen molar-refractivity contribution in [1.29, 1.82) is 0 Å². The van der Waals surface area contributed by atoms with Crippen LogP contribution in [0.25, 0.3) is 6.08 Å². The Morgan fingerprint density at radius 3 is 2.30 bits per heavy atom. The number of nitrogens with zero attached hydrogens (tertiary/aromatic N) is 2. The molecule has 4 aromatic rings. The molecule has 0 radical (unpaired) electrons. The highest BCUT2D eigenvalue weighted by molar-refractivity contribution is 7.87. The number of ether oxygens (including phenoxy) is 3. The number of benzene rings is 3. The van der Waals surface area contributed by atoms with Crippen LogP contribution in [0, 0.1) is 6.92 Å². The molecule has 0 fully saturated rings. The first-order valence-electron chi connectivity index (χ1n) is 13.6. The molecule has 12 heteroatoms. The highest BCUT2D eigenvalue weighted by Crippen LogP contribution is 2.36. The predicted molar refractivity (Wildman–Crippen MR) is 165 cm³/mol. The van der Waals surface area contributed by atoms with E-state index in [1.807, 2.05) is 6.92 Å². The molecule has 0 spiro atoms. The molecular formula is C32H30N2O8S2. The third-order valence-electron chi connectivity index (χ3n) is 6.93. The van der Waals surface area contributed by atoms with Crippen LogP contribution in [0.4, 0.5) is 0 Å². The lowest BCUT2D eigenvalue weighted by molar-refractivity contribution is -0.139. The zero-order chi connectivity index (χ0) is 31.6. The molecule has 1 atom stereocenters. The largest absolute Gasteiger partial charge is 0.493 e. The van der Waals surface area contributed by atoms with Gasteiger partial charge >= 0.3 is 16.1 Å². The summed E-state index contributed by atoms with van der Waals surface area (Å²) in [5.41, 5.74) is 2.51. The maximum absolute atomic E-state index is 13.9. The normalized spacial score (nSPS) is 14.9. The number of thiazole rings is 1. The summed E-state index contributed by atoms with van der Waals surface area (Å²) in [6.45, 7) is 5.44. The van der Waals surface area contributed by atoms with Crippen LogP contribution in [0.15, 0.2) is 92.7 Å². The van der Waals surface area contributed by atoms with E-state index in [0.29, 0.717) is 37.7 Å². The molecule has 1 aliphatic heterocycles. The Morgan fingerprint density at radius 1 is 0.977 bits per heavy atom. The lowest BCUT2D eigenvalue weighted by atomic mass is 9.95. The number of hydrogen-bond donors (Lipinski definition) is 0. The summed E-state index contributed by atoms with van der Waals surface area (Å²) in [6.07, 6.45) is 1.68. The molecule has 44 heavy (non-hydrogen) atoms. The van der Waals surface area contributed by atoms with E-state index in [1.165, 1.54) is 54.4 Å². The fourth-order valence-corrected chi connectivity index (χ4v) is 6.76. The van der Waals surface area contributed by atoms with Crippen molar-refractivity contribution in [1.82, 2.24) is 4.57 Å². The van der Waals surface area contributed by atoms with E-state index in [2.05, 4.69) is 4.99 Å². The quantitative estimate of drug-likeness (QED) is 0.201. The Morgan fingerprint density at radius 2 is 1.66 bits per heavy atom. The molecule has 1 aromatic heterocycles. The third kappa shape index (κ3) is 6.03. The first-order chi connectivity index (χ1) is 21.1. The van der Waals surface area contributed by atoms with Crippen LogP contribution < -0.4 is 28.5 Å². The van der Waals surface area contributed by atoms with E-state index < -0.39 is 22.1 Å². The summed E-state index contributed by atoms with van der Waals surface area (Å²) in [5, 5.41) is 0. The molecule has 0 saturated carbocycles.